The van der Waals surface area contributed by atoms with E-state index in [1.165, 1.54) is 25.2 Å². The van der Waals surface area contributed by atoms with Crippen molar-refractivity contribution in [3.63, 3.8) is 0 Å². The number of rotatable bonds is 7. The molecule has 11 heteroatoms. The number of alkyl halides is 3. The maximum absolute atomic E-state index is 12.6. The van der Waals surface area contributed by atoms with Crippen LogP contribution in [0, 0.1) is 5.41 Å². The lowest BCUT2D eigenvalue weighted by atomic mass is 9.94. The monoisotopic (exact) mass is 417 g/mol. The predicted octanol–water partition coefficient (Wildman–Crippen LogP) is 2.01. The van der Waals surface area contributed by atoms with Gasteiger partial charge in [-0.05, 0) is 30.2 Å². The van der Waals surface area contributed by atoms with Crippen LogP contribution < -0.4 is 11.1 Å². The number of carbonyl (C=O) groups is 1. The molecule has 3 N–H and O–H groups in total. The third kappa shape index (κ3) is 7.10. The average Bonchev–Trinajstić information content (AvgIpc) is 2.51. The second-order valence-electron chi connectivity index (χ2n) is 6.46. The smallest absolute Gasteiger partial charge is 0.343 e. The number of hydrogen-bond acceptors (Lipinski definition) is 4. The normalized spacial score (nSPS) is 12.6. The molecule has 1 aromatic rings. The standard InChI is InChI=1S/C15H22F3N3O3S.ClH/c1-14(2,8-19)10-21(3)25(23,24)12-6-4-5-11(7-12)13(22)20-9-15(16,17)18;/h4-7H,8-10,19H2,1-3H3,(H,20,22);1H. The summed E-state index contributed by atoms with van der Waals surface area (Å²) in [6.45, 7) is 2.54. The highest BCUT2D eigenvalue weighted by Gasteiger charge is 2.29. The van der Waals surface area contributed by atoms with Gasteiger partial charge in [0.1, 0.15) is 6.54 Å². The fraction of sp³-hybridized carbons (Fsp3) is 0.533. The molecule has 0 bridgehead atoms. The molecule has 0 radical (unpaired) electrons. The molecule has 0 saturated heterocycles. The van der Waals surface area contributed by atoms with E-state index in [0.29, 0.717) is 0 Å². The van der Waals surface area contributed by atoms with E-state index in [1.54, 1.807) is 19.2 Å². The zero-order chi connectivity index (χ0) is 19.5. The highest BCUT2D eigenvalue weighted by atomic mass is 35.5. The van der Waals surface area contributed by atoms with Gasteiger partial charge in [0, 0.05) is 19.2 Å². The summed E-state index contributed by atoms with van der Waals surface area (Å²) < 4.78 is 62.8. The van der Waals surface area contributed by atoms with Gasteiger partial charge in [0.25, 0.3) is 5.91 Å². The van der Waals surface area contributed by atoms with E-state index in [2.05, 4.69) is 0 Å². The molecule has 0 saturated carbocycles. The number of nitrogens with zero attached hydrogens (tertiary/aromatic N) is 1. The first-order valence-corrected chi connectivity index (χ1v) is 8.84. The molecule has 0 fully saturated rings. The Hall–Kier alpha value is -1.36. The highest BCUT2D eigenvalue weighted by Crippen LogP contribution is 2.21. The maximum atomic E-state index is 12.6. The molecule has 0 aliphatic rings. The van der Waals surface area contributed by atoms with Crippen molar-refractivity contribution in [2.45, 2.75) is 24.9 Å². The Morgan fingerprint density at radius 2 is 1.85 bits per heavy atom. The zero-order valence-corrected chi connectivity index (χ0v) is 16.3. The van der Waals surface area contributed by atoms with Gasteiger partial charge < -0.3 is 11.1 Å². The number of halogens is 4. The number of amides is 1. The van der Waals surface area contributed by atoms with Crippen molar-refractivity contribution in [3.8, 4) is 0 Å². The molecule has 0 heterocycles. The molecule has 6 nitrogen and oxygen atoms in total. The number of nitrogens with one attached hydrogen (secondary N) is 1. The molecule has 1 rings (SSSR count). The van der Waals surface area contributed by atoms with E-state index < -0.39 is 34.1 Å². The number of sulfonamides is 1. The maximum Gasteiger partial charge on any atom is 0.405 e. The lowest BCUT2D eigenvalue weighted by molar-refractivity contribution is -0.123. The van der Waals surface area contributed by atoms with Crippen molar-refractivity contribution in [2.24, 2.45) is 11.1 Å². The molecule has 0 spiro atoms. The first-order valence-electron chi connectivity index (χ1n) is 7.40. The Morgan fingerprint density at radius 3 is 2.35 bits per heavy atom. The first kappa shape index (κ1) is 24.6. The summed E-state index contributed by atoms with van der Waals surface area (Å²) >= 11 is 0. The molecule has 26 heavy (non-hydrogen) atoms. The minimum atomic E-state index is -4.55. The third-order valence-electron chi connectivity index (χ3n) is 3.46. The van der Waals surface area contributed by atoms with Gasteiger partial charge in [-0.15, -0.1) is 12.4 Å². The number of benzene rings is 1. The van der Waals surface area contributed by atoms with E-state index in [-0.39, 0.29) is 36.0 Å². The van der Waals surface area contributed by atoms with Crippen LogP contribution in [-0.4, -0.2) is 51.5 Å². The first-order chi connectivity index (χ1) is 11.3. The van der Waals surface area contributed by atoms with Crippen LogP contribution in [0.1, 0.15) is 24.2 Å². The van der Waals surface area contributed by atoms with E-state index >= 15 is 0 Å². The summed E-state index contributed by atoms with van der Waals surface area (Å²) in [5.41, 5.74) is 4.98. The van der Waals surface area contributed by atoms with Crippen LogP contribution in [0.3, 0.4) is 0 Å². The summed E-state index contributed by atoms with van der Waals surface area (Å²) in [7, 11) is -2.53. The second kappa shape index (κ2) is 9.03. The molecule has 150 valence electrons. The topological polar surface area (TPSA) is 92.5 Å². The van der Waals surface area contributed by atoms with Crippen molar-refractivity contribution in [1.82, 2.24) is 9.62 Å². The Morgan fingerprint density at radius 1 is 1.27 bits per heavy atom. The number of hydrogen-bond donors (Lipinski definition) is 2. The van der Waals surface area contributed by atoms with E-state index in [4.69, 9.17) is 5.73 Å². The van der Waals surface area contributed by atoms with Crippen molar-refractivity contribution < 1.29 is 26.4 Å². The van der Waals surface area contributed by atoms with Crippen LogP contribution in [0.4, 0.5) is 13.2 Å². The fourth-order valence-corrected chi connectivity index (χ4v) is 3.42. The molecule has 0 atom stereocenters. The third-order valence-corrected chi connectivity index (χ3v) is 5.26. The van der Waals surface area contributed by atoms with Gasteiger partial charge in [0.2, 0.25) is 10.0 Å². The largest absolute Gasteiger partial charge is 0.405 e. The molecule has 0 unspecified atom stereocenters. The SMILES string of the molecule is CN(CC(C)(C)CN)S(=O)(=O)c1cccc(C(=O)NCC(F)(F)F)c1.Cl. The highest BCUT2D eigenvalue weighted by molar-refractivity contribution is 7.89. The second-order valence-corrected chi connectivity index (χ2v) is 8.50. The van der Waals surface area contributed by atoms with Gasteiger partial charge in [-0.2, -0.15) is 13.2 Å². The fourth-order valence-electron chi connectivity index (χ4n) is 2.01. The Kier molecular flexibility index (Phi) is 8.55. The van der Waals surface area contributed by atoms with Crippen LogP contribution in [-0.2, 0) is 10.0 Å². The molecule has 0 aromatic heterocycles. The minimum Gasteiger partial charge on any atom is -0.343 e. The van der Waals surface area contributed by atoms with Crippen LogP contribution in [0.2, 0.25) is 0 Å². The molecule has 0 aliphatic carbocycles. The average molecular weight is 418 g/mol. The zero-order valence-electron chi connectivity index (χ0n) is 14.6. The molecule has 1 aromatic carbocycles. The predicted molar refractivity (Wildman–Crippen MR) is 94.7 cm³/mol. The van der Waals surface area contributed by atoms with Crippen LogP contribution >= 0.6 is 12.4 Å². The van der Waals surface area contributed by atoms with Gasteiger partial charge >= 0.3 is 6.18 Å². The molecule has 0 aliphatic heterocycles. The lowest BCUT2D eigenvalue weighted by Gasteiger charge is -2.28. The van der Waals surface area contributed by atoms with Crippen molar-refractivity contribution in [2.75, 3.05) is 26.7 Å². The minimum absolute atomic E-state index is 0. The van der Waals surface area contributed by atoms with Gasteiger partial charge in [-0.1, -0.05) is 19.9 Å². The van der Waals surface area contributed by atoms with Crippen LogP contribution in [0.5, 0.6) is 0 Å². The lowest BCUT2D eigenvalue weighted by Crippen LogP contribution is -2.39. The number of nitrogens with two attached hydrogens (primary N) is 1. The van der Waals surface area contributed by atoms with Crippen LogP contribution in [0.15, 0.2) is 29.2 Å². The Labute approximate surface area is 157 Å². The van der Waals surface area contributed by atoms with Crippen molar-refractivity contribution in [3.05, 3.63) is 29.8 Å². The quantitative estimate of drug-likeness (QED) is 0.709. The van der Waals surface area contributed by atoms with Gasteiger partial charge in [0.05, 0.1) is 4.90 Å². The summed E-state index contributed by atoms with van der Waals surface area (Å²) in [6.07, 6.45) is -4.55. The Balaban J connectivity index is 0.00000625. The van der Waals surface area contributed by atoms with E-state index in [1.807, 2.05) is 0 Å². The summed E-state index contributed by atoms with van der Waals surface area (Å²) in [6, 6.07) is 4.88. The van der Waals surface area contributed by atoms with E-state index in [0.717, 1.165) is 10.4 Å². The van der Waals surface area contributed by atoms with E-state index in [9.17, 15) is 26.4 Å². The van der Waals surface area contributed by atoms with Crippen molar-refractivity contribution in [1.29, 1.82) is 0 Å². The number of carbonyl (C=O) groups excluding carboxylic acids is 1. The summed E-state index contributed by atoms with van der Waals surface area (Å²) in [5, 5.41) is 1.71. The van der Waals surface area contributed by atoms with Gasteiger partial charge in [-0.3, -0.25) is 4.79 Å². The Bertz CT molecular complexity index is 724. The molecular weight excluding hydrogens is 395 g/mol. The van der Waals surface area contributed by atoms with Crippen molar-refractivity contribution >= 4 is 28.3 Å². The molecule has 1 amide bonds. The summed E-state index contributed by atoms with van der Waals surface area (Å²) in [5.74, 6) is -1.00. The summed E-state index contributed by atoms with van der Waals surface area (Å²) in [4.78, 5) is 11.6. The molecular formula is C15H23ClF3N3O3S. The van der Waals surface area contributed by atoms with Gasteiger partial charge in [-0.25, -0.2) is 12.7 Å². The van der Waals surface area contributed by atoms with Crippen LogP contribution in [0.25, 0.3) is 0 Å². The van der Waals surface area contributed by atoms with Gasteiger partial charge in [0.15, 0.2) is 0 Å².